The van der Waals surface area contributed by atoms with Crippen molar-refractivity contribution in [2.24, 2.45) is 11.3 Å². The van der Waals surface area contributed by atoms with Gasteiger partial charge in [-0.15, -0.1) is 0 Å². The summed E-state index contributed by atoms with van der Waals surface area (Å²) in [5.41, 5.74) is 2.96. The van der Waals surface area contributed by atoms with Crippen LogP contribution in [0.25, 0.3) is 0 Å². The third kappa shape index (κ3) is 3.83. The molecule has 5 rings (SSSR count). The van der Waals surface area contributed by atoms with Crippen molar-refractivity contribution in [1.29, 1.82) is 0 Å². The van der Waals surface area contributed by atoms with Crippen LogP contribution in [0, 0.1) is 11.3 Å². The molecule has 2 heterocycles. The van der Waals surface area contributed by atoms with Crippen LogP contribution in [-0.2, 0) is 0 Å². The smallest absolute Gasteiger partial charge is 0.254 e. The number of carbonyl (C=O) groups excluding carboxylic acids is 1. The van der Waals surface area contributed by atoms with E-state index in [0.717, 1.165) is 38.4 Å². The van der Waals surface area contributed by atoms with E-state index in [0.29, 0.717) is 11.5 Å². The normalized spacial score (nSPS) is 19.3. The Morgan fingerprint density at radius 2 is 1.65 bits per heavy atom. The first-order valence-corrected chi connectivity index (χ1v) is 10.8. The number of nitrogens with one attached hydrogen (secondary N) is 1. The summed E-state index contributed by atoms with van der Waals surface area (Å²) in [5.74, 6) is 0.477. The number of carbonyl (C=O) groups is 1. The van der Waals surface area contributed by atoms with Crippen molar-refractivity contribution < 1.29 is 9.90 Å². The first-order valence-electron chi connectivity index (χ1n) is 10.8. The molecule has 2 N–H and O–H groups in total. The lowest BCUT2D eigenvalue weighted by Gasteiger charge is -2.52. The Balaban J connectivity index is 1.34. The van der Waals surface area contributed by atoms with Crippen LogP contribution in [0.3, 0.4) is 0 Å². The molecule has 1 amide bonds. The maximum Gasteiger partial charge on any atom is 0.254 e. The lowest BCUT2D eigenvalue weighted by Crippen LogP contribution is -2.61. The van der Waals surface area contributed by atoms with Crippen LogP contribution in [0.15, 0.2) is 84.9 Å². The van der Waals surface area contributed by atoms with Gasteiger partial charge in [-0.1, -0.05) is 42.5 Å². The Labute approximate surface area is 182 Å². The fourth-order valence-corrected chi connectivity index (χ4v) is 4.98. The first kappa shape index (κ1) is 19.5. The van der Waals surface area contributed by atoms with E-state index in [2.05, 4.69) is 46.6 Å². The third-order valence-corrected chi connectivity index (χ3v) is 6.65. The largest absolute Gasteiger partial charge is 0.508 e. The van der Waals surface area contributed by atoms with Gasteiger partial charge in [-0.05, 0) is 42.5 Å². The zero-order chi connectivity index (χ0) is 21.3. The van der Waals surface area contributed by atoms with Gasteiger partial charge in [0.1, 0.15) is 5.75 Å². The Morgan fingerprint density at radius 1 is 0.935 bits per heavy atom. The number of hydrogen-bond donors (Lipinski definition) is 2. The number of anilines is 2. The van der Waals surface area contributed by atoms with Gasteiger partial charge in [0.15, 0.2) is 0 Å². The molecule has 2 fully saturated rings. The molecule has 0 bridgehead atoms. The van der Waals surface area contributed by atoms with Gasteiger partial charge >= 0.3 is 0 Å². The second-order valence-electron chi connectivity index (χ2n) is 8.73. The summed E-state index contributed by atoms with van der Waals surface area (Å²) in [5, 5.41) is 13.4. The highest BCUT2D eigenvalue weighted by Crippen LogP contribution is 2.46. The Hall–Kier alpha value is -3.47. The summed E-state index contributed by atoms with van der Waals surface area (Å²) < 4.78 is 0. The van der Waals surface area contributed by atoms with Gasteiger partial charge in [-0.25, -0.2) is 0 Å². The minimum Gasteiger partial charge on any atom is -0.508 e. The Bertz CT molecular complexity index is 1050. The second kappa shape index (κ2) is 7.99. The summed E-state index contributed by atoms with van der Waals surface area (Å²) in [6, 6.07) is 27.4. The van der Waals surface area contributed by atoms with Gasteiger partial charge in [0.2, 0.25) is 0 Å². The van der Waals surface area contributed by atoms with E-state index in [9.17, 15) is 9.90 Å². The monoisotopic (exact) mass is 413 g/mol. The van der Waals surface area contributed by atoms with Crippen molar-refractivity contribution in [1.82, 2.24) is 4.90 Å². The molecule has 0 radical (unpaired) electrons. The summed E-state index contributed by atoms with van der Waals surface area (Å²) in [4.78, 5) is 17.5. The minimum atomic E-state index is -0.00403. The van der Waals surface area contributed by atoms with Crippen LogP contribution >= 0.6 is 0 Å². The van der Waals surface area contributed by atoms with Gasteiger partial charge in [-0.2, -0.15) is 0 Å². The van der Waals surface area contributed by atoms with Crippen molar-refractivity contribution in [2.45, 2.75) is 0 Å². The number of para-hydroxylation sites is 2. The second-order valence-corrected chi connectivity index (χ2v) is 8.73. The first-order chi connectivity index (χ1) is 15.1. The highest BCUT2D eigenvalue weighted by Gasteiger charge is 2.55. The average molecular weight is 414 g/mol. The molecule has 31 heavy (non-hydrogen) atoms. The van der Waals surface area contributed by atoms with Crippen molar-refractivity contribution in [3.05, 3.63) is 90.5 Å². The van der Waals surface area contributed by atoms with E-state index in [1.54, 1.807) is 24.3 Å². The van der Waals surface area contributed by atoms with Crippen LogP contribution in [0.5, 0.6) is 5.75 Å². The van der Waals surface area contributed by atoms with Gasteiger partial charge in [0, 0.05) is 61.0 Å². The minimum absolute atomic E-state index is 0.00403. The quantitative estimate of drug-likeness (QED) is 0.662. The summed E-state index contributed by atoms with van der Waals surface area (Å²) in [6.07, 6.45) is 0. The molecule has 2 saturated heterocycles. The van der Waals surface area contributed by atoms with Crippen molar-refractivity contribution in [3.8, 4) is 5.75 Å². The molecule has 2 aliphatic rings. The van der Waals surface area contributed by atoms with Crippen LogP contribution in [-0.4, -0.2) is 48.6 Å². The van der Waals surface area contributed by atoms with Crippen molar-refractivity contribution >= 4 is 17.3 Å². The van der Waals surface area contributed by atoms with E-state index in [-0.39, 0.29) is 17.1 Å². The van der Waals surface area contributed by atoms with Crippen molar-refractivity contribution in [2.75, 3.05) is 42.9 Å². The molecular weight excluding hydrogens is 386 g/mol. The molecule has 158 valence electrons. The number of nitrogens with zero attached hydrogens (tertiary/aromatic N) is 2. The van der Waals surface area contributed by atoms with E-state index in [4.69, 9.17) is 0 Å². The van der Waals surface area contributed by atoms with Crippen LogP contribution in [0.1, 0.15) is 10.4 Å². The zero-order valence-electron chi connectivity index (χ0n) is 17.4. The van der Waals surface area contributed by atoms with Crippen molar-refractivity contribution in [3.63, 3.8) is 0 Å². The van der Waals surface area contributed by atoms with Gasteiger partial charge in [0.25, 0.3) is 5.91 Å². The van der Waals surface area contributed by atoms with Crippen LogP contribution in [0.2, 0.25) is 0 Å². The number of aromatic hydroxyl groups is 1. The summed E-state index contributed by atoms with van der Waals surface area (Å²) >= 11 is 0. The predicted octanol–water partition coefficient (Wildman–Crippen LogP) is 4.08. The fourth-order valence-electron chi connectivity index (χ4n) is 4.98. The van der Waals surface area contributed by atoms with Crippen LogP contribution < -0.4 is 10.2 Å². The molecule has 5 heteroatoms. The molecule has 1 atom stereocenters. The van der Waals surface area contributed by atoms with E-state index >= 15 is 0 Å². The number of likely N-dealkylation sites (tertiary alicyclic amines) is 1. The predicted molar refractivity (Wildman–Crippen MR) is 124 cm³/mol. The fraction of sp³-hybridized carbons (Fsp3) is 0.269. The molecule has 5 nitrogen and oxygen atoms in total. The topological polar surface area (TPSA) is 55.8 Å². The van der Waals surface area contributed by atoms with E-state index < -0.39 is 0 Å². The molecule has 1 unspecified atom stereocenters. The Morgan fingerprint density at radius 3 is 2.35 bits per heavy atom. The van der Waals surface area contributed by atoms with E-state index in [1.165, 1.54) is 5.69 Å². The number of hydrogen-bond acceptors (Lipinski definition) is 4. The highest BCUT2D eigenvalue weighted by atomic mass is 16.3. The number of phenolic OH excluding ortho intramolecular Hbond substituents is 1. The number of phenols is 1. The SMILES string of the molecule is O=C(c1cccc(O)c1)N1CC(CNc2ccccc2)C2(C1)CN(c1ccccc1)C2. The molecule has 3 aromatic rings. The standard InChI is InChI=1S/C26H27N3O2/c30-24-13-7-8-20(14-24)25(31)28-16-21(15-27-22-9-3-1-4-10-22)26(17-28)18-29(19-26)23-11-5-2-6-12-23/h1-14,21,27,30H,15-19H2. The summed E-state index contributed by atoms with van der Waals surface area (Å²) in [7, 11) is 0. The maximum atomic E-state index is 13.2. The van der Waals surface area contributed by atoms with Gasteiger partial charge in [0.05, 0.1) is 0 Å². The third-order valence-electron chi connectivity index (χ3n) is 6.65. The molecule has 0 saturated carbocycles. The molecule has 3 aromatic carbocycles. The van der Waals surface area contributed by atoms with Crippen LogP contribution in [0.4, 0.5) is 11.4 Å². The maximum absolute atomic E-state index is 13.2. The molecule has 0 aliphatic carbocycles. The molecule has 1 spiro atoms. The van der Waals surface area contributed by atoms with E-state index in [1.807, 2.05) is 29.2 Å². The zero-order valence-corrected chi connectivity index (χ0v) is 17.4. The Kier molecular flexibility index (Phi) is 5.02. The van der Waals surface area contributed by atoms with Gasteiger partial charge < -0.3 is 20.2 Å². The molecular formula is C26H27N3O2. The molecule has 0 aromatic heterocycles. The lowest BCUT2D eigenvalue weighted by molar-refractivity contribution is 0.0762. The number of rotatable bonds is 5. The lowest BCUT2D eigenvalue weighted by atomic mass is 9.71. The highest BCUT2D eigenvalue weighted by molar-refractivity contribution is 5.95. The number of amides is 1. The molecule has 2 aliphatic heterocycles. The average Bonchev–Trinajstić information content (AvgIpc) is 3.17. The van der Waals surface area contributed by atoms with Gasteiger partial charge in [-0.3, -0.25) is 4.79 Å². The summed E-state index contributed by atoms with van der Waals surface area (Å²) in [6.45, 7) is 4.18. The number of benzene rings is 3.